The Balaban J connectivity index is 2.29. The Morgan fingerprint density at radius 1 is 1.53 bits per heavy atom. The Labute approximate surface area is 111 Å². The molecule has 1 heterocycles. The molecule has 0 saturated heterocycles. The monoisotopic (exact) mass is 263 g/mol. The molecule has 1 aliphatic rings. The van der Waals surface area contributed by atoms with E-state index in [1.54, 1.807) is 6.07 Å². The lowest BCUT2D eigenvalue weighted by atomic mass is 9.90. The van der Waals surface area contributed by atoms with Gasteiger partial charge in [0.2, 0.25) is 6.41 Å². The number of nitrogens with one attached hydrogen (secondary N) is 1. The fourth-order valence-electron chi connectivity index (χ4n) is 2.45. The number of hydrogen-bond donors (Lipinski definition) is 2. The highest BCUT2D eigenvalue weighted by molar-refractivity contribution is 5.83. The zero-order valence-electron chi connectivity index (χ0n) is 10.9. The number of rotatable bonds is 4. The summed E-state index contributed by atoms with van der Waals surface area (Å²) >= 11 is 0. The van der Waals surface area contributed by atoms with Crippen LogP contribution in [0, 0.1) is 11.7 Å². The third-order valence-electron chi connectivity index (χ3n) is 3.59. The van der Waals surface area contributed by atoms with Crippen molar-refractivity contribution < 1.29 is 9.18 Å². The molecule has 0 radical (unpaired) electrons. The van der Waals surface area contributed by atoms with Crippen molar-refractivity contribution in [2.75, 3.05) is 5.32 Å². The third kappa shape index (κ3) is 2.92. The highest BCUT2D eigenvalue weighted by atomic mass is 19.1. The first-order valence-electron chi connectivity index (χ1n) is 6.48. The smallest absolute Gasteiger partial charge is 0.211 e. The van der Waals surface area contributed by atoms with Gasteiger partial charge in [-0.1, -0.05) is 6.92 Å². The standard InChI is InChI=1S/C14H18FN3O/c1-2-9-3-6-13(18-14(9)16)11-7-10(17-8-19)4-5-12(11)15/h4-5,7-9,13H,2-3,6H2,1H3,(H2,16,18)(H,17,19)/t9?,13-/m0/s1. The molecule has 2 rings (SSSR count). The summed E-state index contributed by atoms with van der Waals surface area (Å²) in [6, 6.07) is 4.24. The Bertz CT molecular complexity index is 501. The van der Waals surface area contributed by atoms with Crippen molar-refractivity contribution in [2.24, 2.45) is 16.6 Å². The molecule has 1 unspecified atom stereocenters. The zero-order valence-corrected chi connectivity index (χ0v) is 10.9. The summed E-state index contributed by atoms with van der Waals surface area (Å²) in [6.45, 7) is 2.07. The van der Waals surface area contributed by atoms with Gasteiger partial charge in [-0.25, -0.2) is 4.39 Å². The number of benzene rings is 1. The molecule has 4 nitrogen and oxygen atoms in total. The Kier molecular flexibility index (Phi) is 4.14. The largest absolute Gasteiger partial charge is 0.387 e. The molecule has 19 heavy (non-hydrogen) atoms. The van der Waals surface area contributed by atoms with Crippen molar-refractivity contribution in [1.82, 2.24) is 0 Å². The van der Waals surface area contributed by atoms with Crippen LogP contribution in [0.15, 0.2) is 23.2 Å². The average molecular weight is 263 g/mol. The number of anilines is 1. The molecule has 5 heteroatoms. The van der Waals surface area contributed by atoms with Crippen LogP contribution in [-0.2, 0) is 4.79 Å². The number of amides is 1. The molecule has 0 bridgehead atoms. The molecule has 0 aromatic heterocycles. The molecule has 0 saturated carbocycles. The maximum absolute atomic E-state index is 13.9. The minimum Gasteiger partial charge on any atom is -0.387 e. The summed E-state index contributed by atoms with van der Waals surface area (Å²) in [5, 5.41) is 2.52. The van der Waals surface area contributed by atoms with E-state index < -0.39 is 0 Å². The van der Waals surface area contributed by atoms with Crippen LogP contribution in [0.5, 0.6) is 0 Å². The van der Waals surface area contributed by atoms with E-state index in [-0.39, 0.29) is 11.9 Å². The number of carbonyl (C=O) groups is 1. The van der Waals surface area contributed by atoms with Gasteiger partial charge >= 0.3 is 0 Å². The lowest BCUT2D eigenvalue weighted by Gasteiger charge is -2.25. The van der Waals surface area contributed by atoms with Crippen molar-refractivity contribution >= 4 is 17.9 Å². The van der Waals surface area contributed by atoms with Crippen LogP contribution in [0.25, 0.3) is 0 Å². The summed E-state index contributed by atoms with van der Waals surface area (Å²) in [5.74, 6) is 0.593. The van der Waals surface area contributed by atoms with Crippen LogP contribution in [-0.4, -0.2) is 12.2 Å². The normalized spacial score (nSPS) is 22.7. The summed E-state index contributed by atoms with van der Waals surface area (Å²) in [5.41, 5.74) is 6.98. The highest BCUT2D eigenvalue weighted by Gasteiger charge is 2.24. The predicted octanol–water partition coefficient (Wildman–Crippen LogP) is 2.61. The van der Waals surface area contributed by atoms with E-state index in [1.165, 1.54) is 12.1 Å². The van der Waals surface area contributed by atoms with Crippen LogP contribution < -0.4 is 11.1 Å². The van der Waals surface area contributed by atoms with E-state index in [2.05, 4.69) is 17.2 Å². The number of carbonyl (C=O) groups excluding carboxylic acids is 1. The van der Waals surface area contributed by atoms with Crippen molar-refractivity contribution in [3.8, 4) is 0 Å². The van der Waals surface area contributed by atoms with Gasteiger partial charge in [-0.05, 0) is 37.5 Å². The molecule has 0 aliphatic carbocycles. The Morgan fingerprint density at radius 2 is 2.32 bits per heavy atom. The molecule has 0 fully saturated rings. The molecule has 1 aromatic rings. The SMILES string of the molecule is CCC1CC[C@@H](c2cc(NC=O)ccc2F)N=C1N. The maximum Gasteiger partial charge on any atom is 0.211 e. The highest BCUT2D eigenvalue weighted by Crippen LogP contribution is 2.33. The molecule has 102 valence electrons. The van der Waals surface area contributed by atoms with Crippen molar-refractivity contribution in [2.45, 2.75) is 32.2 Å². The summed E-state index contributed by atoms with van der Waals surface area (Å²) < 4.78 is 13.9. The molecule has 2 atom stereocenters. The number of halogens is 1. The Morgan fingerprint density at radius 3 is 2.95 bits per heavy atom. The zero-order chi connectivity index (χ0) is 13.8. The fourth-order valence-corrected chi connectivity index (χ4v) is 2.45. The lowest BCUT2D eigenvalue weighted by Crippen LogP contribution is -2.28. The second-order valence-corrected chi connectivity index (χ2v) is 4.75. The van der Waals surface area contributed by atoms with Gasteiger partial charge in [-0.15, -0.1) is 0 Å². The quantitative estimate of drug-likeness (QED) is 0.820. The Hall–Kier alpha value is -1.91. The molecule has 1 aromatic carbocycles. The van der Waals surface area contributed by atoms with Crippen LogP contribution >= 0.6 is 0 Å². The molecule has 1 aliphatic heterocycles. The van der Waals surface area contributed by atoms with Gasteiger partial charge in [0.25, 0.3) is 0 Å². The number of hydrogen-bond acceptors (Lipinski definition) is 3. The third-order valence-corrected chi connectivity index (χ3v) is 3.59. The topological polar surface area (TPSA) is 67.5 Å². The van der Waals surface area contributed by atoms with Crippen molar-refractivity contribution in [3.63, 3.8) is 0 Å². The second-order valence-electron chi connectivity index (χ2n) is 4.75. The van der Waals surface area contributed by atoms with Gasteiger partial charge in [0.05, 0.1) is 11.9 Å². The molecule has 3 N–H and O–H groups in total. The maximum atomic E-state index is 13.9. The first kappa shape index (κ1) is 13.5. The number of aliphatic imine (C=N–C) groups is 1. The van der Waals surface area contributed by atoms with Gasteiger partial charge < -0.3 is 11.1 Å². The summed E-state index contributed by atoms with van der Waals surface area (Å²) in [6.07, 6.45) is 3.22. The minimum absolute atomic E-state index is 0.254. The van der Waals surface area contributed by atoms with Crippen LogP contribution in [0.2, 0.25) is 0 Å². The fraction of sp³-hybridized carbons (Fsp3) is 0.429. The van der Waals surface area contributed by atoms with E-state index in [9.17, 15) is 9.18 Å². The van der Waals surface area contributed by atoms with Gasteiger partial charge in [0.15, 0.2) is 0 Å². The molecule has 1 amide bonds. The molecular formula is C14H18FN3O. The van der Waals surface area contributed by atoms with Gasteiger partial charge in [-0.2, -0.15) is 0 Å². The van der Waals surface area contributed by atoms with E-state index in [0.717, 1.165) is 19.3 Å². The lowest BCUT2D eigenvalue weighted by molar-refractivity contribution is -0.105. The van der Waals surface area contributed by atoms with Gasteiger partial charge in [0.1, 0.15) is 5.82 Å². The van der Waals surface area contributed by atoms with Crippen molar-refractivity contribution in [3.05, 3.63) is 29.6 Å². The van der Waals surface area contributed by atoms with Crippen LogP contribution in [0.4, 0.5) is 10.1 Å². The van der Waals surface area contributed by atoms with E-state index in [0.29, 0.717) is 29.4 Å². The number of amidine groups is 1. The molecular weight excluding hydrogens is 245 g/mol. The van der Waals surface area contributed by atoms with E-state index in [1.807, 2.05) is 0 Å². The van der Waals surface area contributed by atoms with Crippen LogP contribution in [0.1, 0.15) is 37.8 Å². The summed E-state index contributed by atoms with van der Waals surface area (Å²) in [4.78, 5) is 14.8. The van der Waals surface area contributed by atoms with E-state index in [4.69, 9.17) is 5.73 Å². The van der Waals surface area contributed by atoms with Gasteiger partial charge in [-0.3, -0.25) is 9.79 Å². The predicted molar refractivity (Wildman–Crippen MR) is 73.5 cm³/mol. The van der Waals surface area contributed by atoms with Crippen molar-refractivity contribution in [1.29, 1.82) is 0 Å². The average Bonchev–Trinajstić information content (AvgIpc) is 2.41. The molecule has 0 spiro atoms. The number of nitrogens with two attached hydrogens (primary N) is 1. The second kappa shape index (κ2) is 5.82. The van der Waals surface area contributed by atoms with Gasteiger partial charge in [0, 0.05) is 17.2 Å². The minimum atomic E-state index is -0.312. The summed E-state index contributed by atoms with van der Waals surface area (Å²) in [7, 11) is 0. The number of nitrogens with zero attached hydrogens (tertiary/aromatic N) is 1. The first-order chi connectivity index (χ1) is 9.15. The first-order valence-corrected chi connectivity index (χ1v) is 6.48. The van der Waals surface area contributed by atoms with Crippen LogP contribution in [0.3, 0.4) is 0 Å². The van der Waals surface area contributed by atoms with E-state index >= 15 is 0 Å².